The quantitative estimate of drug-likeness (QED) is 0.144. The second-order valence-corrected chi connectivity index (χ2v) is 19.6. The van der Waals surface area contributed by atoms with Crippen molar-refractivity contribution in [2.45, 2.75) is 33.1 Å². The number of fused-ring (bicyclic) bond motifs is 9. The van der Waals surface area contributed by atoms with Crippen molar-refractivity contribution in [3.8, 4) is 55.6 Å². The van der Waals surface area contributed by atoms with Crippen LogP contribution in [0, 0.1) is 20.8 Å². The summed E-state index contributed by atoms with van der Waals surface area (Å²) < 4.78 is 0. The standard InChI is InChI=1S/C70H52N2/c1-44-22-24-48(25-23-44)52-30-34-56-45(2)46(3)64-41-54(32-35-61(64)66(56)39-52)57-18-10-12-20-59(57)60-21-13-11-19-58(60)55-33-36-62-67-40-53(31-37-63(67)69-70(68(62)42-55)72-43-71-69)49-26-28-51(29-27-49)65(50-16-8-5-9-17-50)38-47-14-6-4-7-15-47/h4-37,39-43,65H,38H2,1-3H3,(H,71,72). The van der Waals surface area contributed by atoms with Gasteiger partial charge < -0.3 is 4.98 Å². The van der Waals surface area contributed by atoms with Crippen molar-refractivity contribution in [2.75, 3.05) is 0 Å². The number of nitrogens with one attached hydrogen (secondary N) is 1. The van der Waals surface area contributed by atoms with Crippen molar-refractivity contribution in [2.24, 2.45) is 0 Å². The van der Waals surface area contributed by atoms with Crippen LogP contribution in [0.3, 0.4) is 0 Å². The second kappa shape index (κ2) is 17.8. The number of hydrogen-bond donors (Lipinski definition) is 1. The molecule has 1 aromatic heterocycles. The lowest BCUT2D eigenvalue weighted by molar-refractivity contribution is 0.805. The number of H-pyrrole nitrogens is 1. The zero-order chi connectivity index (χ0) is 48.3. The number of nitrogens with zero attached hydrogens (tertiary/aromatic N) is 1. The predicted octanol–water partition coefficient (Wildman–Crippen LogP) is 18.8. The van der Waals surface area contributed by atoms with Crippen molar-refractivity contribution < 1.29 is 0 Å². The van der Waals surface area contributed by atoms with E-state index in [0.29, 0.717) is 0 Å². The van der Waals surface area contributed by atoms with E-state index in [-0.39, 0.29) is 5.92 Å². The molecule has 12 aromatic carbocycles. The molecule has 0 aliphatic heterocycles. The van der Waals surface area contributed by atoms with Crippen LogP contribution in [0.25, 0.3) is 110 Å². The van der Waals surface area contributed by atoms with Gasteiger partial charge in [-0.3, -0.25) is 0 Å². The molecule has 1 N–H and O–H groups in total. The molecule has 13 aromatic rings. The van der Waals surface area contributed by atoms with E-state index in [1.807, 2.05) is 6.33 Å². The zero-order valence-electron chi connectivity index (χ0n) is 40.7. The third-order valence-electron chi connectivity index (χ3n) is 15.5. The highest BCUT2D eigenvalue weighted by Gasteiger charge is 2.19. The van der Waals surface area contributed by atoms with Gasteiger partial charge in [0.15, 0.2) is 0 Å². The average molecular weight is 921 g/mol. The molecule has 1 atom stereocenters. The van der Waals surface area contributed by atoms with Crippen LogP contribution in [0.15, 0.2) is 237 Å². The maximum Gasteiger partial charge on any atom is 0.0967 e. The Kier molecular flexibility index (Phi) is 10.7. The Morgan fingerprint density at radius 1 is 0.347 bits per heavy atom. The normalized spacial score (nSPS) is 12.1. The molecule has 0 bridgehead atoms. The number of aryl methyl sites for hydroxylation is 3. The van der Waals surface area contributed by atoms with Crippen LogP contribution in [-0.2, 0) is 6.42 Å². The largest absolute Gasteiger partial charge is 0.344 e. The molecule has 0 aliphatic rings. The van der Waals surface area contributed by atoms with Crippen LogP contribution in [0.2, 0.25) is 0 Å². The topological polar surface area (TPSA) is 28.7 Å². The fourth-order valence-electron chi connectivity index (χ4n) is 11.5. The highest BCUT2D eigenvalue weighted by Crippen LogP contribution is 2.44. The van der Waals surface area contributed by atoms with E-state index >= 15 is 0 Å². The monoisotopic (exact) mass is 920 g/mol. The van der Waals surface area contributed by atoms with Gasteiger partial charge in [-0.05, 0) is 167 Å². The van der Waals surface area contributed by atoms with Gasteiger partial charge in [0, 0.05) is 16.7 Å². The molecule has 0 fully saturated rings. The highest BCUT2D eigenvalue weighted by molar-refractivity contribution is 6.24. The molecule has 0 spiro atoms. The van der Waals surface area contributed by atoms with Crippen LogP contribution in [0.4, 0.5) is 0 Å². The van der Waals surface area contributed by atoms with Gasteiger partial charge in [0.25, 0.3) is 0 Å². The molecule has 0 radical (unpaired) electrons. The summed E-state index contributed by atoms with van der Waals surface area (Å²) in [6, 6.07) is 85.5. The lowest BCUT2D eigenvalue weighted by atomic mass is 9.85. The molecule has 342 valence electrons. The minimum atomic E-state index is 0.261. The fraction of sp³-hybridized carbons (Fsp3) is 0.0714. The van der Waals surface area contributed by atoms with Crippen molar-refractivity contribution in [1.82, 2.24) is 9.97 Å². The van der Waals surface area contributed by atoms with Crippen LogP contribution < -0.4 is 0 Å². The molecule has 0 saturated heterocycles. The predicted molar refractivity (Wildman–Crippen MR) is 306 cm³/mol. The minimum absolute atomic E-state index is 0.261. The minimum Gasteiger partial charge on any atom is -0.344 e. The Morgan fingerprint density at radius 3 is 1.43 bits per heavy atom. The van der Waals surface area contributed by atoms with Gasteiger partial charge in [-0.15, -0.1) is 0 Å². The molecule has 2 nitrogen and oxygen atoms in total. The second-order valence-electron chi connectivity index (χ2n) is 19.6. The Bertz CT molecular complexity index is 4180. The van der Waals surface area contributed by atoms with Crippen LogP contribution in [-0.4, -0.2) is 9.97 Å². The van der Waals surface area contributed by atoms with Gasteiger partial charge in [-0.25, -0.2) is 4.98 Å². The SMILES string of the molecule is Cc1ccc(-c2ccc3c(C)c(C)c4cc(-c5ccccc5-c5ccccc5-c5ccc6c7cc(-c8ccc(C(Cc9ccccc9)c9ccccc9)cc8)ccc7c7[nH]cnc7c6c5)ccc4c3c2)cc1. The molecule has 1 unspecified atom stereocenters. The molecular formula is C70H52N2. The summed E-state index contributed by atoms with van der Waals surface area (Å²) in [6.07, 6.45) is 2.79. The van der Waals surface area contributed by atoms with Crippen molar-refractivity contribution >= 4 is 54.1 Å². The summed E-state index contributed by atoms with van der Waals surface area (Å²) in [6.45, 7) is 6.70. The average Bonchev–Trinajstić information content (AvgIpc) is 3.95. The molecule has 1 heterocycles. The van der Waals surface area contributed by atoms with Crippen molar-refractivity contribution in [1.29, 1.82) is 0 Å². The number of aromatic nitrogens is 2. The van der Waals surface area contributed by atoms with Gasteiger partial charge in [-0.2, -0.15) is 0 Å². The third kappa shape index (κ3) is 7.55. The Labute approximate surface area is 420 Å². The van der Waals surface area contributed by atoms with Gasteiger partial charge in [0.1, 0.15) is 0 Å². The van der Waals surface area contributed by atoms with E-state index in [9.17, 15) is 0 Å². The summed E-state index contributed by atoms with van der Waals surface area (Å²) >= 11 is 0. The van der Waals surface area contributed by atoms with Crippen LogP contribution in [0.5, 0.6) is 0 Å². The molecule has 0 aliphatic carbocycles. The Hall–Kier alpha value is -8.85. The first-order valence-electron chi connectivity index (χ1n) is 25.2. The van der Waals surface area contributed by atoms with E-state index in [2.05, 4.69) is 256 Å². The first kappa shape index (κ1) is 43.2. The van der Waals surface area contributed by atoms with Crippen molar-refractivity contribution in [3.63, 3.8) is 0 Å². The number of benzene rings is 12. The number of aromatic amines is 1. The number of rotatable bonds is 9. The summed E-state index contributed by atoms with van der Waals surface area (Å²) in [7, 11) is 0. The van der Waals surface area contributed by atoms with E-state index < -0.39 is 0 Å². The van der Waals surface area contributed by atoms with Gasteiger partial charge >= 0.3 is 0 Å². The van der Waals surface area contributed by atoms with Crippen molar-refractivity contribution in [3.05, 3.63) is 270 Å². The molecule has 0 amide bonds. The molecule has 72 heavy (non-hydrogen) atoms. The van der Waals surface area contributed by atoms with E-state index in [1.165, 1.54) is 121 Å². The summed E-state index contributed by atoms with van der Waals surface area (Å²) in [4.78, 5) is 8.47. The summed E-state index contributed by atoms with van der Waals surface area (Å²) in [5, 5.41) is 9.89. The Morgan fingerprint density at radius 2 is 0.792 bits per heavy atom. The summed E-state index contributed by atoms with van der Waals surface area (Å²) in [5.74, 6) is 0.261. The molecule has 0 saturated carbocycles. The smallest absolute Gasteiger partial charge is 0.0967 e. The van der Waals surface area contributed by atoms with E-state index in [4.69, 9.17) is 4.98 Å². The molecular weight excluding hydrogens is 869 g/mol. The van der Waals surface area contributed by atoms with Gasteiger partial charge in [-0.1, -0.05) is 212 Å². The van der Waals surface area contributed by atoms with Gasteiger partial charge in [0.2, 0.25) is 0 Å². The fourth-order valence-corrected chi connectivity index (χ4v) is 11.5. The summed E-state index contributed by atoms with van der Waals surface area (Å²) in [5.41, 5.74) is 22.0. The molecule has 2 heteroatoms. The first-order chi connectivity index (χ1) is 35.4. The van der Waals surface area contributed by atoms with Crippen LogP contribution >= 0.6 is 0 Å². The van der Waals surface area contributed by atoms with Crippen LogP contribution in [0.1, 0.15) is 39.3 Å². The lowest BCUT2D eigenvalue weighted by Crippen LogP contribution is -2.05. The third-order valence-corrected chi connectivity index (χ3v) is 15.5. The number of imidazole rings is 1. The van der Waals surface area contributed by atoms with E-state index in [0.717, 1.165) is 28.4 Å². The molecule has 13 rings (SSSR count). The zero-order valence-corrected chi connectivity index (χ0v) is 40.7. The Balaban J connectivity index is 0.879. The number of hydrogen-bond acceptors (Lipinski definition) is 1. The van der Waals surface area contributed by atoms with Gasteiger partial charge in [0.05, 0.1) is 17.4 Å². The van der Waals surface area contributed by atoms with E-state index in [1.54, 1.807) is 0 Å². The highest BCUT2D eigenvalue weighted by atomic mass is 14.9. The lowest BCUT2D eigenvalue weighted by Gasteiger charge is -2.19. The maximum atomic E-state index is 4.95. The first-order valence-corrected chi connectivity index (χ1v) is 25.2. The maximum absolute atomic E-state index is 4.95.